The molecule has 0 aliphatic heterocycles. The molecule has 0 radical (unpaired) electrons. The molecule has 1 aromatic rings. The lowest BCUT2D eigenvalue weighted by Crippen LogP contribution is -2.09. The second kappa shape index (κ2) is 9.16. The van der Waals surface area contributed by atoms with Crippen LogP contribution in [0.1, 0.15) is 50.8 Å². The summed E-state index contributed by atoms with van der Waals surface area (Å²) in [6.45, 7) is 8.29. The summed E-state index contributed by atoms with van der Waals surface area (Å²) in [6.07, 6.45) is 2.25. The Morgan fingerprint density at radius 3 is 2.63 bits per heavy atom. The van der Waals surface area contributed by atoms with E-state index >= 15 is 0 Å². The van der Waals surface area contributed by atoms with Crippen molar-refractivity contribution in [3.63, 3.8) is 0 Å². The van der Waals surface area contributed by atoms with E-state index < -0.39 is 0 Å². The fourth-order valence-corrected chi connectivity index (χ4v) is 1.74. The number of unbranched alkanes of at least 4 members (excludes halogenated alkanes) is 1. The molecule has 1 heterocycles. The first kappa shape index (κ1) is 16.3. The minimum Gasteiger partial charge on any atom is -0.475 e. The van der Waals surface area contributed by atoms with Crippen LogP contribution >= 0.6 is 11.6 Å². The van der Waals surface area contributed by atoms with Crippen LogP contribution in [0.4, 0.5) is 0 Å². The van der Waals surface area contributed by atoms with Crippen molar-refractivity contribution < 1.29 is 9.47 Å². The van der Waals surface area contributed by atoms with Gasteiger partial charge in [-0.3, -0.25) is 0 Å². The molecule has 0 spiro atoms. The van der Waals surface area contributed by atoms with Crippen LogP contribution in [0, 0.1) is 0 Å². The third kappa shape index (κ3) is 6.26. The molecule has 3 nitrogen and oxygen atoms in total. The maximum atomic E-state index is 5.89. The zero-order valence-corrected chi connectivity index (χ0v) is 12.9. The summed E-state index contributed by atoms with van der Waals surface area (Å²) in [7, 11) is 0. The lowest BCUT2D eigenvalue weighted by atomic mass is 10.1. The number of hydrogen-bond acceptors (Lipinski definition) is 3. The largest absolute Gasteiger partial charge is 0.475 e. The Balaban J connectivity index is 2.46. The van der Waals surface area contributed by atoms with Crippen molar-refractivity contribution in [2.24, 2.45) is 0 Å². The van der Waals surface area contributed by atoms with Gasteiger partial charge in [0.05, 0.1) is 6.61 Å². The minimum atomic E-state index is 0.367. The number of nitrogens with zero attached hydrogens (tertiary/aromatic N) is 1. The van der Waals surface area contributed by atoms with Gasteiger partial charge in [-0.15, -0.1) is 11.6 Å². The Kier molecular flexibility index (Phi) is 7.84. The fourth-order valence-electron chi connectivity index (χ4n) is 1.58. The maximum absolute atomic E-state index is 5.89. The maximum Gasteiger partial charge on any atom is 0.213 e. The highest BCUT2D eigenvalue weighted by Crippen LogP contribution is 2.20. The van der Waals surface area contributed by atoms with Crippen LogP contribution in [0.3, 0.4) is 0 Å². The summed E-state index contributed by atoms with van der Waals surface area (Å²) in [6, 6.07) is 3.92. The topological polar surface area (TPSA) is 31.4 Å². The van der Waals surface area contributed by atoms with Crippen molar-refractivity contribution in [2.45, 2.75) is 45.4 Å². The Morgan fingerprint density at radius 2 is 2.00 bits per heavy atom. The van der Waals surface area contributed by atoms with Crippen LogP contribution in [0.2, 0.25) is 0 Å². The molecule has 0 bridgehead atoms. The first-order valence-electron chi connectivity index (χ1n) is 6.94. The summed E-state index contributed by atoms with van der Waals surface area (Å²) in [4.78, 5) is 4.48. The molecule has 1 rings (SSSR count). The van der Waals surface area contributed by atoms with E-state index in [1.165, 1.54) is 0 Å². The molecule has 108 valence electrons. The average molecular weight is 286 g/mol. The first-order chi connectivity index (χ1) is 9.17. The van der Waals surface area contributed by atoms with Crippen molar-refractivity contribution >= 4 is 11.6 Å². The van der Waals surface area contributed by atoms with E-state index in [1.807, 2.05) is 12.1 Å². The molecule has 0 amide bonds. The smallest absolute Gasteiger partial charge is 0.213 e. The van der Waals surface area contributed by atoms with Crippen molar-refractivity contribution in [1.82, 2.24) is 4.98 Å². The van der Waals surface area contributed by atoms with Gasteiger partial charge in [0, 0.05) is 24.2 Å². The van der Waals surface area contributed by atoms with E-state index in [0.29, 0.717) is 30.9 Å². The van der Waals surface area contributed by atoms with Gasteiger partial charge < -0.3 is 9.47 Å². The Bertz CT molecular complexity index is 369. The Morgan fingerprint density at radius 1 is 1.21 bits per heavy atom. The molecular formula is C15H24ClNO2. The summed E-state index contributed by atoms with van der Waals surface area (Å²) >= 11 is 5.89. The number of alkyl halides is 1. The average Bonchev–Trinajstić information content (AvgIpc) is 2.42. The number of rotatable bonds is 9. The second-order valence-electron chi connectivity index (χ2n) is 4.84. The van der Waals surface area contributed by atoms with Gasteiger partial charge in [-0.05, 0) is 24.0 Å². The third-order valence-electron chi connectivity index (χ3n) is 2.75. The normalized spacial score (nSPS) is 11.0. The fraction of sp³-hybridized carbons (Fsp3) is 0.667. The van der Waals surface area contributed by atoms with Gasteiger partial charge in [0.15, 0.2) is 0 Å². The molecule has 0 fully saturated rings. The lowest BCUT2D eigenvalue weighted by Gasteiger charge is -2.11. The van der Waals surface area contributed by atoms with E-state index in [2.05, 4.69) is 25.8 Å². The number of aromatic nitrogens is 1. The van der Waals surface area contributed by atoms with Crippen molar-refractivity contribution in [2.75, 3.05) is 19.8 Å². The summed E-state index contributed by atoms with van der Waals surface area (Å²) in [5.74, 6) is 1.48. The number of hydrogen-bond donors (Lipinski definition) is 0. The van der Waals surface area contributed by atoms with Gasteiger partial charge in [0.25, 0.3) is 0 Å². The van der Waals surface area contributed by atoms with Crippen LogP contribution in [0.15, 0.2) is 12.1 Å². The zero-order valence-electron chi connectivity index (χ0n) is 12.1. The highest BCUT2D eigenvalue weighted by Gasteiger charge is 2.06. The second-order valence-corrected chi connectivity index (χ2v) is 5.11. The molecule has 4 heteroatoms. The highest BCUT2D eigenvalue weighted by molar-refractivity contribution is 6.17. The summed E-state index contributed by atoms with van der Waals surface area (Å²) in [5, 5.41) is 0. The minimum absolute atomic E-state index is 0.367. The molecule has 0 saturated heterocycles. The van der Waals surface area contributed by atoms with Gasteiger partial charge in [-0.2, -0.15) is 0 Å². The molecule has 0 atom stereocenters. The predicted octanol–water partition coefficient (Wildman–Crippen LogP) is 4.14. The van der Waals surface area contributed by atoms with E-state index in [1.54, 1.807) is 0 Å². The zero-order chi connectivity index (χ0) is 14.1. The van der Waals surface area contributed by atoms with Crippen molar-refractivity contribution in [1.29, 1.82) is 0 Å². The van der Waals surface area contributed by atoms with Crippen LogP contribution in [0.5, 0.6) is 5.88 Å². The van der Waals surface area contributed by atoms with E-state index in [4.69, 9.17) is 21.1 Å². The third-order valence-corrected chi connectivity index (χ3v) is 3.06. The van der Waals surface area contributed by atoms with Crippen LogP contribution in [-0.2, 0) is 10.6 Å². The van der Waals surface area contributed by atoms with E-state index in [9.17, 15) is 0 Å². The van der Waals surface area contributed by atoms with Crippen molar-refractivity contribution in [3.05, 3.63) is 23.4 Å². The van der Waals surface area contributed by atoms with Crippen molar-refractivity contribution in [3.8, 4) is 5.88 Å². The highest BCUT2D eigenvalue weighted by atomic mass is 35.5. The van der Waals surface area contributed by atoms with Crippen LogP contribution < -0.4 is 4.74 Å². The number of pyridine rings is 1. The van der Waals surface area contributed by atoms with Crippen LogP contribution in [0.25, 0.3) is 0 Å². The molecular weight excluding hydrogens is 262 g/mol. The number of halogens is 1. The molecule has 19 heavy (non-hydrogen) atoms. The molecule has 0 N–H and O–H groups in total. The standard InChI is InChI=1S/C15H24ClNO2/c1-4-5-6-18-7-8-19-15-10-13(11-16)9-14(17-15)12(2)3/h9-10,12H,4-8,11H2,1-3H3. The molecule has 0 aliphatic rings. The van der Waals surface area contributed by atoms with Gasteiger partial charge in [-0.25, -0.2) is 4.98 Å². The lowest BCUT2D eigenvalue weighted by molar-refractivity contribution is 0.0964. The van der Waals surface area contributed by atoms with E-state index in [-0.39, 0.29) is 0 Å². The van der Waals surface area contributed by atoms with Gasteiger partial charge in [0.1, 0.15) is 6.61 Å². The summed E-state index contributed by atoms with van der Waals surface area (Å²) < 4.78 is 11.1. The SMILES string of the molecule is CCCCOCCOc1cc(CCl)cc(C(C)C)n1. The molecule has 0 aromatic carbocycles. The quantitative estimate of drug-likeness (QED) is 0.505. The summed E-state index contributed by atoms with van der Waals surface area (Å²) in [5.41, 5.74) is 2.06. The molecule has 1 aromatic heterocycles. The monoisotopic (exact) mass is 285 g/mol. The van der Waals surface area contributed by atoms with Gasteiger partial charge in [-0.1, -0.05) is 27.2 Å². The molecule has 0 aliphatic carbocycles. The molecule has 0 unspecified atom stereocenters. The van der Waals surface area contributed by atoms with Gasteiger partial charge >= 0.3 is 0 Å². The Labute approximate surface area is 121 Å². The predicted molar refractivity (Wildman–Crippen MR) is 79.1 cm³/mol. The first-order valence-corrected chi connectivity index (χ1v) is 7.48. The number of ether oxygens (including phenoxy) is 2. The van der Waals surface area contributed by atoms with Gasteiger partial charge in [0.2, 0.25) is 5.88 Å². The van der Waals surface area contributed by atoms with E-state index in [0.717, 1.165) is 30.7 Å². The van der Waals surface area contributed by atoms with Crippen LogP contribution in [-0.4, -0.2) is 24.8 Å². The Hall–Kier alpha value is -0.800. The molecule has 0 saturated carbocycles.